The van der Waals surface area contributed by atoms with Crippen LogP contribution in [0.25, 0.3) is 0 Å². The summed E-state index contributed by atoms with van der Waals surface area (Å²) < 4.78 is 6.82. The molecule has 0 bridgehead atoms. The van der Waals surface area contributed by atoms with E-state index in [4.69, 9.17) is 10.5 Å². The van der Waals surface area contributed by atoms with Crippen molar-refractivity contribution < 1.29 is 4.74 Å². The molecular weight excluding hydrogens is 314 g/mol. The van der Waals surface area contributed by atoms with Gasteiger partial charge in [0.15, 0.2) is 0 Å². The Morgan fingerprint density at radius 3 is 2.80 bits per heavy atom. The molecule has 2 aromatic carbocycles. The average molecular weight is 332 g/mol. The van der Waals surface area contributed by atoms with Crippen molar-refractivity contribution in [3.8, 4) is 5.75 Å². The van der Waals surface area contributed by atoms with Gasteiger partial charge in [0.2, 0.25) is 0 Å². The van der Waals surface area contributed by atoms with Crippen molar-refractivity contribution in [2.45, 2.75) is 32.4 Å². The zero-order valence-electron chi connectivity index (χ0n) is 11.7. The number of nitrogens with two attached hydrogens (primary N) is 1. The smallest absolute Gasteiger partial charge is 0.123 e. The zero-order chi connectivity index (χ0) is 14.3. The van der Waals surface area contributed by atoms with Gasteiger partial charge in [-0.3, -0.25) is 0 Å². The Labute approximate surface area is 128 Å². The van der Waals surface area contributed by atoms with Crippen LogP contribution in [0.4, 0.5) is 0 Å². The van der Waals surface area contributed by atoms with Crippen LogP contribution in [0.2, 0.25) is 0 Å². The van der Waals surface area contributed by atoms with Crippen LogP contribution >= 0.6 is 15.9 Å². The summed E-state index contributed by atoms with van der Waals surface area (Å²) in [6, 6.07) is 12.4. The highest BCUT2D eigenvalue weighted by Gasteiger charge is 2.21. The molecule has 2 aromatic rings. The second kappa shape index (κ2) is 5.23. The molecule has 2 N–H and O–H groups in total. The molecule has 2 atom stereocenters. The Bertz CT molecular complexity index is 653. The normalized spacial score (nSPS) is 18.5. The van der Waals surface area contributed by atoms with E-state index in [1.54, 1.807) is 0 Å². The molecule has 0 aliphatic carbocycles. The van der Waals surface area contributed by atoms with E-state index in [9.17, 15) is 0 Å². The van der Waals surface area contributed by atoms with E-state index in [0.29, 0.717) is 0 Å². The van der Waals surface area contributed by atoms with E-state index >= 15 is 0 Å². The molecular formula is C17H18BrNO. The summed E-state index contributed by atoms with van der Waals surface area (Å²) in [6.07, 6.45) is 1.24. The molecule has 2 unspecified atom stereocenters. The first-order valence-electron chi connectivity index (χ1n) is 6.85. The van der Waals surface area contributed by atoms with Crippen LogP contribution in [0, 0.1) is 6.92 Å². The van der Waals surface area contributed by atoms with E-state index in [-0.39, 0.29) is 12.1 Å². The number of halogens is 1. The van der Waals surface area contributed by atoms with Crippen molar-refractivity contribution in [1.82, 2.24) is 0 Å². The third-order valence-corrected chi connectivity index (χ3v) is 4.34. The standard InChI is InChI=1S/C17H18BrNO/c1-10-7-14(18)4-5-15(10)17(19)12-3-6-16-13(9-12)8-11(2)20-16/h3-7,9,11,17H,8,19H2,1-2H3. The highest BCUT2D eigenvalue weighted by Crippen LogP contribution is 2.33. The van der Waals surface area contributed by atoms with Gasteiger partial charge < -0.3 is 10.5 Å². The number of ether oxygens (including phenoxy) is 1. The highest BCUT2D eigenvalue weighted by atomic mass is 79.9. The third-order valence-electron chi connectivity index (χ3n) is 3.85. The maximum atomic E-state index is 6.44. The lowest BCUT2D eigenvalue weighted by molar-refractivity contribution is 0.254. The SMILES string of the molecule is Cc1cc(Br)ccc1C(N)c1ccc2c(c1)CC(C)O2. The molecule has 20 heavy (non-hydrogen) atoms. The molecule has 1 heterocycles. The molecule has 2 nitrogen and oxygen atoms in total. The second-order valence-corrected chi connectivity index (χ2v) is 6.39. The van der Waals surface area contributed by atoms with Crippen molar-refractivity contribution in [3.63, 3.8) is 0 Å². The van der Waals surface area contributed by atoms with Crippen LogP contribution in [0.1, 0.15) is 35.2 Å². The number of rotatable bonds is 2. The summed E-state index contributed by atoms with van der Waals surface area (Å²) in [4.78, 5) is 0. The van der Waals surface area contributed by atoms with Gasteiger partial charge in [-0.1, -0.05) is 34.1 Å². The Balaban J connectivity index is 1.95. The van der Waals surface area contributed by atoms with Gasteiger partial charge in [-0.05, 0) is 54.3 Å². The third kappa shape index (κ3) is 2.48. The molecule has 0 spiro atoms. The number of hydrogen-bond donors (Lipinski definition) is 1. The fourth-order valence-electron chi connectivity index (χ4n) is 2.80. The molecule has 0 saturated heterocycles. The molecule has 0 radical (unpaired) electrons. The summed E-state index contributed by atoms with van der Waals surface area (Å²) >= 11 is 3.49. The van der Waals surface area contributed by atoms with Crippen molar-refractivity contribution in [1.29, 1.82) is 0 Å². The Morgan fingerprint density at radius 1 is 1.25 bits per heavy atom. The number of fused-ring (bicyclic) bond motifs is 1. The summed E-state index contributed by atoms with van der Waals surface area (Å²) in [6.45, 7) is 4.19. The van der Waals surface area contributed by atoms with Gasteiger partial charge in [-0.2, -0.15) is 0 Å². The molecule has 1 aliphatic rings. The van der Waals surface area contributed by atoms with Crippen LogP contribution in [-0.4, -0.2) is 6.10 Å². The zero-order valence-corrected chi connectivity index (χ0v) is 13.3. The van der Waals surface area contributed by atoms with Crippen LogP contribution in [0.15, 0.2) is 40.9 Å². The molecule has 0 saturated carbocycles. The lowest BCUT2D eigenvalue weighted by Crippen LogP contribution is -2.13. The fourth-order valence-corrected chi connectivity index (χ4v) is 3.28. The fraction of sp³-hybridized carbons (Fsp3) is 0.294. The Hall–Kier alpha value is -1.32. The first kappa shape index (κ1) is 13.7. The van der Waals surface area contributed by atoms with E-state index in [1.807, 2.05) is 12.1 Å². The molecule has 0 amide bonds. The Kier molecular flexibility index (Phi) is 3.57. The molecule has 104 valence electrons. The topological polar surface area (TPSA) is 35.2 Å². The summed E-state index contributed by atoms with van der Waals surface area (Å²) in [7, 11) is 0. The Morgan fingerprint density at radius 2 is 2.05 bits per heavy atom. The van der Waals surface area contributed by atoms with Crippen LogP contribution < -0.4 is 10.5 Å². The minimum atomic E-state index is -0.0932. The van der Waals surface area contributed by atoms with Gasteiger partial charge >= 0.3 is 0 Å². The monoisotopic (exact) mass is 331 g/mol. The minimum Gasteiger partial charge on any atom is -0.490 e. The molecule has 3 rings (SSSR count). The molecule has 0 aromatic heterocycles. The number of hydrogen-bond acceptors (Lipinski definition) is 2. The van der Waals surface area contributed by atoms with Gasteiger partial charge in [0, 0.05) is 10.9 Å². The second-order valence-electron chi connectivity index (χ2n) is 5.48. The van der Waals surface area contributed by atoms with Crippen molar-refractivity contribution in [3.05, 3.63) is 63.1 Å². The van der Waals surface area contributed by atoms with E-state index in [1.165, 1.54) is 16.7 Å². The lowest BCUT2D eigenvalue weighted by Gasteiger charge is -2.16. The minimum absolute atomic E-state index is 0.0932. The summed E-state index contributed by atoms with van der Waals surface area (Å²) in [5, 5.41) is 0. The van der Waals surface area contributed by atoms with E-state index < -0.39 is 0 Å². The highest BCUT2D eigenvalue weighted by molar-refractivity contribution is 9.10. The van der Waals surface area contributed by atoms with E-state index in [2.05, 4.69) is 54.0 Å². The van der Waals surface area contributed by atoms with Crippen molar-refractivity contribution in [2.75, 3.05) is 0 Å². The summed E-state index contributed by atoms with van der Waals surface area (Å²) in [5.74, 6) is 1.00. The van der Waals surface area contributed by atoms with Gasteiger partial charge in [-0.15, -0.1) is 0 Å². The number of aryl methyl sites for hydroxylation is 1. The first-order valence-corrected chi connectivity index (χ1v) is 7.65. The molecule has 1 aliphatic heterocycles. The van der Waals surface area contributed by atoms with Crippen molar-refractivity contribution >= 4 is 15.9 Å². The predicted octanol–water partition coefficient (Wildman–Crippen LogP) is 4.13. The average Bonchev–Trinajstić information content (AvgIpc) is 2.77. The van der Waals surface area contributed by atoms with Crippen LogP contribution in [0.5, 0.6) is 5.75 Å². The van der Waals surface area contributed by atoms with Crippen LogP contribution in [0.3, 0.4) is 0 Å². The maximum Gasteiger partial charge on any atom is 0.123 e. The first-order chi connectivity index (χ1) is 9.54. The number of benzene rings is 2. The predicted molar refractivity (Wildman–Crippen MR) is 85.1 cm³/mol. The quantitative estimate of drug-likeness (QED) is 0.897. The van der Waals surface area contributed by atoms with Gasteiger partial charge in [-0.25, -0.2) is 0 Å². The van der Waals surface area contributed by atoms with Crippen molar-refractivity contribution in [2.24, 2.45) is 5.73 Å². The van der Waals surface area contributed by atoms with Gasteiger partial charge in [0.25, 0.3) is 0 Å². The van der Waals surface area contributed by atoms with Gasteiger partial charge in [0.05, 0.1) is 6.04 Å². The lowest BCUT2D eigenvalue weighted by atomic mass is 9.94. The maximum absolute atomic E-state index is 6.44. The molecule has 0 fully saturated rings. The van der Waals surface area contributed by atoms with Crippen LogP contribution in [-0.2, 0) is 6.42 Å². The molecule has 3 heteroatoms. The summed E-state index contributed by atoms with van der Waals surface area (Å²) in [5.41, 5.74) is 11.2. The van der Waals surface area contributed by atoms with E-state index in [0.717, 1.165) is 22.2 Å². The largest absolute Gasteiger partial charge is 0.490 e. The van der Waals surface area contributed by atoms with Gasteiger partial charge in [0.1, 0.15) is 11.9 Å².